The maximum Gasteiger partial charge on any atom is 0.145 e. The first-order chi connectivity index (χ1) is 30.7. The summed E-state index contributed by atoms with van der Waals surface area (Å²) in [5.41, 5.74) is 13.9. The second-order valence-electron chi connectivity index (χ2n) is 15.8. The molecule has 0 bridgehead atoms. The number of hydrogen-bond acceptors (Lipinski definition) is 4. The van der Waals surface area contributed by atoms with Gasteiger partial charge >= 0.3 is 0 Å². The highest BCUT2D eigenvalue weighted by atomic mass is 16.3. The van der Waals surface area contributed by atoms with Gasteiger partial charge in [0.1, 0.15) is 22.3 Å². The Bertz CT molecular complexity index is 4140. The van der Waals surface area contributed by atoms with Crippen molar-refractivity contribution in [3.05, 3.63) is 193 Å². The molecular weight excluding hydrogens is 761 g/mol. The van der Waals surface area contributed by atoms with Crippen LogP contribution in [0.3, 0.4) is 0 Å². The lowest BCUT2D eigenvalue weighted by molar-refractivity contribution is 0.672. The Hall–Kier alpha value is -8.84. The van der Waals surface area contributed by atoms with E-state index in [2.05, 4.69) is 137 Å². The molecule has 4 aromatic heterocycles. The maximum atomic E-state index is 10.7. The van der Waals surface area contributed by atoms with E-state index in [1.54, 1.807) is 6.07 Å². The van der Waals surface area contributed by atoms with Gasteiger partial charge in [-0.2, -0.15) is 10.5 Å². The average molecular weight is 791 g/mol. The van der Waals surface area contributed by atoms with Gasteiger partial charge in [0.05, 0.1) is 61.8 Å². The third kappa shape index (κ3) is 4.72. The summed E-state index contributed by atoms with van der Waals surface area (Å²) in [5.74, 6) is 0. The van der Waals surface area contributed by atoms with Crippen molar-refractivity contribution in [2.24, 2.45) is 0 Å². The van der Waals surface area contributed by atoms with Crippen molar-refractivity contribution in [2.45, 2.75) is 0 Å². The number of aromatic nitrogens is 2. The highest BCUT2D eigenvalue weighted by molar-refractivity contribution is 6.25. The van der Waals surface area contributed by atoms with E-state index in [9.17, 15) is 10.5 Å². The zero-order valence-electron chi connectivity index (χ0n) is 32.9. The van der Waals surface area contributed by atoms with Crippen molar-refractivity contribution in [3.8, 4) is 45.8 Å². The molecule has 0 saturated carbocycles. The summed E-state index contributed by atoms with van der Waals surface area (Å²) in [5, 5.41) is 29.0. The largest absolute Gasteiger partial charge is 0.455 e. The molecule has 286 valence electrons. The molecule has 13 rings (SSSR count). The number of rotatable bonds is 4. The van der Waals surface area contributed by atoms with Gasteiger partial charge in [-0.05, 0) is 96.1 Å². The number of nitrogens with zero attached hydrogens (tertiary/aromatic N) is 4. The van der Waals surface area contributed by atoms with Crippen LogP contribution in [0.4, 0.5) is 0 Å². The van der Waals surface area contributed by atoms with Crippen LogP contribution < -0.4 is 0 Å². The summed E-state index contributed by atoms with van der Waals surface area (Å²) in [6.45, 7) is 0. The first-order valence-corrected chi connectivity index (χ1v) is 20.5. The molecule has 4 heterocycles. The van der Waals surface area contributed by atoms with Gasteiger partial charge < -0.3 is 18.0 Å². The van der Waals surface area contributed by atoms with Crippen LogP contribution in [0.1, 0.15) is 11.1 Å². The number of nitriles is 2. The van der Waals surface area contributed by atoms with Crippen LogP contribution in [-0.4, -0.2) is 9.13 Å². The van der Waals surface area contributed by atoms with Crippen molar-refractivity contribution in [2.75, 3.05) is 0 Å². The van der Waals surface area contributed by atoms with Crippen molar-refractivity contribution < 1.29 is 8.83 Å². The topological polar surface area (TPSA) is 83.7 Å². The van der Waals surface area contributed by atoms with Gasteiger partial charge in [0.15, 0.2) is 0 Å². The Morgan fingerprint density at radius 2 is 0.968 bits per heavy atom. The molecule has 0 aliphatic heterocycles. The second kappa shape index (κ2) is 12.8. The van der Waals surface area contributed by atoms with Gasteiger partial charge in [-0.1, -0.05) is 97.1 Å². The second-order valence-corrected chi connectivity index (χ2v) is 15.8. The molecule has 0 aliphatic carbocycles. The molecule has 0 amide bonds. The molecule has 6 heteroatoms. The van der Waals surface area contributed by atoms with Gasteiger partial charge in [0.25, 0.3) is 0 Å². The fourth-order valence-corrected chi connectivity index (χ4v) is 9.89. The van der Waals surface area contributed by atoms with Gasteiger partial charge in [-0.25, -0.2) is 0 Å². The number of fused-ring (bicyclic) bond motifs is 14. The Balaban J connectivity index is 1.15. The fraction of sp³-hybridized carbons (Fsp3) is 0. The number of benzene rings is 9. The Morgan fingerprint density at radius 1 is 0.387 bits per heavy atom. The molecule has 6 nitrogen and oxygen atoms in total. The monoisotopic (exact) mass is 790 g/mol. The van der Waals surface area contributed by atoms with Crippen molar-refractivity contribution in [1.29, 1.82) is 10.5 Å². The SMILES string of the molecule is N#Cc1cccc(-c2ccc(C#N)c(-c3ccc(-n4c5ccccc5c5c6oc7ccccc7c6ccc54)cc3-n3c4ccccc4c4c5oc6ccccc6c5ccc43)c2)c1. The van der Waals surface area contributed by atoms with Gasteiger partial charge in [0.2, 0.25) is 0 Å². The predicted octanol–water partition coefficient (Wildman–Crippen LogP) is 14.8. The lowest BCUT2D eigenvalue weighted by Gasteiger charge is -2.19. The van der Waals surface area contributed by atoms with Crippen LogP contribution in [0.15, 0.2) is 191 Å². The van der Waals surface area contributed by atoms with Crippen LogP contribution in [0.25, 0.3) is 121 Å². The molecule has 13 aromatic rings. The quantitative estimate of drug-likeness (QED) is 0.178. The Morgan fingerprint density at radius 3 is 1.61 bits per heavy atom. The summed E-state index contributed by atoms with van der Waals surface area (Å²) in [6, 6.07) is 67.0. The molecule has 62 heavy (non-hydrogen) atoms. The van der Waals surface area contributed by atoms with Crippen molar-refractivity contribution >= 4 is 87.5 Å². The molecular formula is C56H30N4O2. The molecule has 0 fully saturated rings. The Kier molecular flexibility index (Phi) is 7.05. The van der Waals surface area contributed by atoms with E-state index in [-0.39, 0.29) is 0 Å². The van der Waals surface area contributed by atoms with Gasteiger partial charge in [0, 0.05) is 49.1 Å². The normalized spacial score (nSPS) is 11.8. The van der Waals surface area contributed by atoms with E-state index >= 15 is 0 Å². The molecule has 0 saturated heterocycles. The smallest absolute Gasteiger partial charge is 0.145 e. The molecule has 0 radical (unpaired) electrons. The van der Waals surface area contributed by atoms with Crippen LogP contribution in [0.2, 0.25) is 0 Å². The molecule has 0 aliphatic rings. The third-order valence-electron chi connectivity index (χ3n) is 12.6. The van der Waals surface area contributed by atoms with Crippen LogP contribution in [-0.2, 0) is 0 Å². The summed E-state index contributed by atoms with van der Waals surface area (Å²) in [7, 11) is 0. The van der Waals surface area contributed by atoms with E-state index in [0.29, 0.717) is 11.1 Å². The number of hydrogen-bond donors (Lipinski definition) is 0. The summed E-state index contributed by atoms with van der Waals surface area (Å²) < 4.78 is 18.0. The number of para-hydroxylation sites is 4. The minimum absolute atomic E-state index is 0.545. The van der Waals surface area contributed by atoms with E-state index in [4.69, 9.17) is 8.83 Å². The molecule has 0 unspecified atom stereocenters. The van der Waals surface area contributed by atoms with Gasteiger partial charge in [-0.15, -0.1) is 0 Å². The Labute approximate surface area is 353 Å². The molecule has 0 spiro atoms. The number of furan rings is 2. The minimum atomic E-state index is 0.545. The zero-order valence-corrected chi connectivity index (χ0v) is 32.9. The summed E-state index contributed by atoms with van der Waals surface area (Å²) in [4.78, 5) is 0. The van der Waals surface area contributed by atoms with E-state index < -0.39 is 0 Å². The van der Waals surface area contributed by atoms with Crippen LogP contribution in [0.5, 0.6) is 0 Å². The highest BCUT2D eigenvalue weighted by Crippen LogP contribution is 2.45. The molecule has 0 N–H and O–H groups in total. The first-order valence-electron chi connectivity index (χ1n) is 20.5. The van der Waals surface area contributed by atoms with Crippen molar-refractivity contribution in [1.82, 2.24) is 9.13 Å². The fourth-order valence-electron chi connectivity index (χ4n) is 9.89. The third-order valence-corrected chi connectivity index (χ3v) is 12.6. The molecule has 0 atom stereocenters. The summed E-state index contributed by atoms with van der Waals surface area (Å²) >= 11 is 0. The van der Waals surface area contributed by atoms with Crippen LogP contribution in [0, 0.1) is 22.7 Å². The van der Waals surface area contributed by atoms with E-state index in [1.807, 2.05) is 60.7 Å². The average Bonchev–Trinajstić information content (AvgIpc) is 4.09. The van der Waals surface area contributed by atoms with Crippen molar-refractivity contribution in [3.63, 3.8) is 0 Å². The predicted molar refractivity (Wildman–Crippen MR) is 250 cm³/mol. The lowest BCUT2D eigenvalue weighted by Crippen LogP contribution is -2.02. The lowest BCUT2D eigenvalue weighted by atomic mass is 9.93. The zero-order chi connectivity index (χ0) is 41.1. The minimum Gasteiger partial charge on any atom is -0.455 e. The van der Waals surface area contributed by atoms with E-state index in [1.165, 1.54) is 0 Å². The highest BCUT2D eigenvalue weighted by Gasteiger charge is 2.24. The summed E-state index contributed by atoms with van der Waals surface area (Å²) in [6.07, 6.45) is 0. The molecule has 9 aromatic carbocycles. The van der Waals surface area contributed by atoms with E-state index in [0.717, 1.165) is 121 Å². The standard InChI is InChI=1S/C56H30N4O2/c57-31-33-10-9-11-34(28-33)35-20-21-36(32-58)45(29-35)38-23-22-37(59-46-16-5-1-14-43(46)53-48(59)26-24-41-39-12-3-7-18-51(39)61-55(41)53)30-50(38)60-47-17-6-2-15-44(47)54-49(60)27-25-42-40-13-4-8-19-52(40)62-56(42)54/h1-30H. The van der Waals surface area contributed by atoms with Crippen LogP contribution >= 0.6 is 0 Å². The maximum absolute atomic E-state index is 10.7. The van der Waals surface area contributed by atoms with Gasteiger partial charge in [-0.3, -0.25) is 0 Å². The first kappa shape index (κ1) is 34.1.